The van der Waals surface area contributed by atoms with Crippen molar-refractivity contribution in [2.45, 2.75) is 58.3 Å². The first-order chi connectivity index (χ1) is 19.0. The third-order valence-electron chi connectivity index (χ3n) is 6.57. The van der Waals surface area contributed by atoms with Gasteiger partial charge in [0.1, 0.15) is 24.0 Å². The van der Waals surface area contributed by atoms with E-state index in [1.54, 1.807) is 26.8 Å². The molecule has 0 unspecified atom stereocenters. The van der Waals surface area contributed by atoms with Gasteiger partial charge in [-0.2, -0.15) is 0 Å². The highest BCUT2D eigenvalue weighted by Gasteiger charge is 2.24. The number of carboxylic acids is 1. The molecular formula is C31H34N2O7. The Balaban J connectivity index is 1.36. The number of carbonyl (C=O) groups excluding carboxylic acids is 2. The number of carboxylic acid groups (broad SMARTS) is 1. The van der Waals surface area contributed by atoms with Gasteiger partial charge < -0.3 is 30.3 Å². The number of hydrogen-bond donors (Lipinski definition) is 4. The highest BCUT2D eigenvalue weighted by atomic mass is 16.6. The Labute approximate surface area is 233 Å². The lowest BCUT2D eigenvalue weighted by molar-refractivity contribution is -0.139. The third kappa shape index (κ3) is 7.31. The molecule has 3 aromatic carbocycles. The average molecular weight is 547 g/mol. The Morgan fingerprint density at radius 1 is 0.925 bits per heavy atom. The van der Waals surface area contributed by atoms with Crippen LogP contribution in [0.4, 0.5) is 9.59 Å². The van der Waals surface area contributed by atoms with Gasteiger partial charge in [0, 0.05) is 13.0 Å². The van der Waals surface area contributed by atoms with Crippen molar-refractivity contribution in [1.29, 1.82) is 0 Å². The summed E-state index contributed by atoms with van der Waals surface area (Å²) < 4.78 is 10.7. The van der Waals surface area contributed by atoms with E-state index in [2.05, 4.69) is 22.8 Å². The molecule has 9 nitrogen and oxygen atoms in total. The molecule has 0 heterocycles. The van der Waals surface area contributed by atoms with Gasteiger partial charge in [-0.1, -0.05) is 48.5 Å². The number of aromatic hydroxyl groups is 1. The molecule has 0 saturated carbocycles. The van der Waals surface area contributed by atoms with E-state index in [0.717, 1.165) is 23.1 Å². The highest BCUT2D eigenvalue weighted by molar-refractivity contribution is 5.81. The van der Waals surface area contributed by atoms with Crippen LogP contribution in [0.2, 0.25) is 0 Å². The van der Waals surface area contributed by atoms with Crippen LogP contribution in [-0.4, -0.2) is 46.6 Å². The van der Waals surface area contributed by atoms with Crippen molar-refractivity contribution in [2.24, 2.45) is 0 Å². The van der Waals surface area contributed by atoms with Crippen molar-refractivity contribution in [1.82, 2.24) is 10.6 Å². The molecule has 0 bridgehead atoms. The van der Waals surface area contributed by atoms with Gasteiger partial charge in [-0.15, -0.1) is 0 Å². The lowest BCUT2D eigenvalue weighted by Gasteiger charge is -2.20. The minimum atomic E-state index is -1.26. The topological polar surface area (TPSA) is 134 Å². The second-order valence-corrected chi connectivity index (χ2v) is 10.7. The molecule has 0 fully saturated rings. The number of benzene rings is 3. The summed E-state index contributed by atoms with van der Waals surface area (Å²) >= 11 is 0. The Morgan fingerprint density at radius 3 is 2.42 bits per heavy atom. The molecule has 3 aromatic rings. The molecule has 9 heteroatoms. The van der Waals surface area contributed by atoms with Gasteiger partial charge in [0.25, 0.3) is 0 Å². The number of hydrogen-bond acceptors (Lipinski definition) is 6. The first-order valence-corrected chi connectivity index (χ1v) is 13.1. The largest absolute Gasteiger partial charge is 0.508 e. The third-order valence-corrected chi connectivity index (χ3v) is 6.57. The van der Waals surface area contributed by atoms with Crippen LogP contribution >= 0.6 is 0 Å². The molecule has 40 heavy (non-hydrogen) atoms. The van der Waals surface area contributed by atoms with Crippen molar-refractivity contribution in [3.8, 4) is 16.9 Å². The molecule has 0 spiro atoms. The van der Waals surface area contributed by atoms with Crippen molar-refractivity contribution in [2.75, 3.05) is 6.54 Å². The fraction of sp³-hybridized carbons (Fsp3) is 0.323. The van der Waals surface area contributed by atoms with Gasteiger partial charge in [0.2, 0.25) is 0 Å². The fourth-order valence-electron chi connectivity index (χ4n) is 4.76. The number of carbonyl (C=O) groups is 3. The first-order valence-electron chi connectivity index (χ1n) is 13.1. The zero-order valence-corrected chi connectivity index (χ0v) is 22.8. The number of ether oxygens (including phenoxy) is 2. The Morgan fingerprint density at radius 2 is 1.68 bits per heavy atom. The molecule has 0 saturated heterocycles. The minimum absolute atomic E-state index is 0.00723. The van der Waals surface area contributed by atoms with E-state index in [0.29, 0.717) is 17.5 Å². The average Bonchev–Trinajstić information content (AvgIpc) is 3.26. The van der Waals surface area contributed by atoms with Gasteiger partial charge in [-0.3, -0.25) is 0 Å². The highest BCUT2D eigenvalue weighted by Crippen LogP contribution is 2.38. The molecular weight excluding hydrogens is 512 g/mol. The van der Waals surface area contributed by atoms with Crippen LogP contribution in [0.15, 0.2) is 60.7 Å². The maximum absolute atomic E-state index is 12.6. The second-order valence-electron chi connectivity index (χ2n) is 10.7. The van der Waals surface area contributed by atoms with Crippen LogP contribution in [0.3, 0.4) is 0 Å². The van der Waals surface area contributed by atoms with Crippen molar-refractivity contribution in [3.05, 3.63) is 88.5 Å². The summed E-state index contributed by atoms with van der Waals surface area (Å²) in [6.45, 7) is 5.50. The summed E-state index contributed by atoms with van der Waals surface area (Å²) in [5, 5.41) is 24.9. The molecule has 1 aliphatic rings. The summed E-state index contributed by atoms with van der Waals surface area (Å²) in [7, 11) is 0. The molecule has 0 aromatic heterocycles. The smallest absolute Gasteiger partial charge is 0.408 e. The Hall–Kier alpha value is -4.53. The Kier molecular flexibility index (Phi) is 8.62. The van der Waals surface area contributed by atoms with Gasteiger partial charge in [-0.05, 0) is 84.7 Å². The van der Waals surface area contributed by atoms with Gasteiger partial charge in [-0.25, -0.2) is 14.4 Å². The maximum atomic E-state index is 12.6. The molecule has 2 amide bonds. The molecule has 4 N–H and O–H groups in total. The van der Waals surface area contributed by atoms with Crippen LogP contribution in [0.25, 0.3) is 11.1 Å². The van der Waals surface area contributed by atoms with Crippen LogP contribution in [0.5, 0.6) is 5.75 Å². The summed E-state index contributed by atoms with van der Waals surface area (Å²) in [5.41, 5.74) is 6.07. The van der Waals surface area contributed by atoms with Crippen LogP contribution in [0.1, 0.15) is 48.6 Å². The number of aliphatic carboxylic acids is 1. The van der Waals surface area contributed by atoms with E-state index in [9.17, 15) is 24.6 Å². The monoisotopic (exact) mass is 546 g/mol. The predicted molar refractivity (Wildman–Crippen MR) is 149 cm³/mol. The van der Waals surface area contributed by atoms with Crippen LogP contribution < -0.4 is 10.6 Å². The van der Waals surface area contributed by atoms with E-state index < -0.39 is 29.8 Å². The summed E-state index contributed by atoms with van der Waals surface area (Å²) in [6, 6.07) is 17.3. The first kappa shape index (κ1) is 28.5. The number of phenols is 1. The lowest BCUT2D eigenvalue weighted by Crippen LogP contribution is -2.42. The Bertz CT molecular complexity index is 1410. The lowest BCUT2D eigenvalue weighted by atomic mass is 9.97. The van der Waals surface area contributed by atoms with E-state index >= 15 is 0 Å². The number of phenolic OH excluding ortho intramolecular Hbond substituents is 1. The van der Waals surface area contributed by atoms with E-state index in [-0.39, 0.29) is 25.3 Å². The van der Waals surface area contributed by atoms with Crippen molar-refractivity contribution < 1.29 is 34.1 Å². The molecule has 210 valence electrons. The van der Waals surface area contributed by atoms with Gasteiger partial charge in [0.05, 0.1) is 0 Å². The normalized spacial score (nSPS) is 12.6. The van der Waals surface area contributed by atoms with E-state index in [4.69, 9.17) is 9.47 Å². The van der Waals surface area contributed by atoms with Crippen molar-refractivity contribution in [3.63, 3.8) is 0 Å². The maximum Gasteiger partial charge on any atom is 0.408 e. The van der Waals surface area contributed by atoms with Crippen molar-refractivity contribution >= 4 is 18.2 Å². The standard InChI is InChI=1S/C31H34N2O7/c1-31(2,3)40-29(37)32-14-13-20-15-23(34)12-11-19(20)17-27(28(35)36)33-30(38)39-18-22-8-6-10-25-24-9-5-4-7-21(24)16-26(22)25/h4-12,15,27,34H,13-14,16-18H2,1-3H3,(H,32,37)(H,33,38)(H,35,36)/t27-/m0/s1. The van der Waals surface area contributed by atoms with E-state index in [1.807, 2.05) is 30.3 Å². The van der Waals surface area contributed by atoms with Gasteiger partial charge in [0.15, 0.2) is 0 Å². The number of alkyl carbamates (subject to hydrolysis) is 2. The SMILES string of the molecule is CC(C)(C)OC(=O)NCCc1cc(O)ccc1C[C@H](NC(=O)OCc1cccc2c1Cc1ccccc1-2)C(=O)O. The predicted octanol–water partition coefficient (Wildman–Crippen LogP) is 4.95. The van der Waals surface area contributed by atoms with E-state index in [1.165, 1.54) is 23.3 Å². The van der Waals surface area contributed by atoms with Gasteiger partial charge >= 0.3 is 18.2 Å². The number of rotatable bonds is 9. The molecule has 4 rings (SSSR count). The number of fused-ring (bicyclic) bond motifs is 3. The fourth-order valence-corrected chi connectivity index (χ4v) is 4.76. The zero-order chi connectivity index (χ0) is 28.9. The number of amides is 2. The summed E-state index contributed by atoms with van der Waals surface area (Å²) in [4.78, 5) is 36.6. The molecule has 1 aliphatic carbocycles. The summed E-state index contributed by atoms with van der Waals surface area (Å²) in [6.07, 6.45) is -0.386. The molecule has 0 aliphatic heterocycles. The van der Waals surface area contributed by atoms with Crippen LogP contribution in [-0.2, 0) is 40.1 Å². The molecule has 0 radical (unpaired) electrons. The quantitative estimate of drug-likeness (QED) is 0.233. The molecule has 1 atom stereocenters. The summed E-state index contributed by atoms with van der Waals surface area (Å²) in [5.74, 6) is -1.22. The minimum Gasteiger partial charge on any atom is -0.508 e. The number of nitrogens with one attached hydrogen (secondary N) is 2. The van der Waals surface area contributed by atoms with Crippen LogP contribution in [0, 0.1) is 0 Å². The second kappa shape index (κ2) is 12.1. The zero-order valence-electron chi connectivity index (χ0n) is 22.8.